The Bertz CT molecular complexity index is 1070. The largest absolute Gasteiger partial charge is 0.459 e. The number of ether oxygens (including phenoxy) is 4. The summed E-state index contributed by atoms with van der Waals surface area (Å²) in [6.45, 7) is 10.3. The lowest BCUT2D eigenvalue weighted by Gasteiger charge is -2.39. The average Bonchev–Trinajstić information content (AvgIpc) is 3.71. The van der Waals surface area contributed by atoms with Crippen LogP contribution in [0.5, 0.6) is 0 Å². The van der Waals surface area contributed by atoms with E-state index in [-0.39, 0.29) is 48.5 Å². The molecule has 11 heteroatoms. The summed E-state index contributed by atoms with van der Waals surface area (Å²) < 4.78 is 23.1. The highest BCUT2D eigenvalue weighted by atomic mass is 32.2. The van der Waals surface area contributed by atoms with Gasteiger partial charge in [-0.05, 0) is 56.5 Å². The van der Waals surface area contributed by atoms with E-state index in [0.717, 1.165) is 24.2 Å². The molecule has 3 aliphatic rings. The van der Waals surface area contributed by atoms with Crippen LogP contribution >= 0.6 is 0 Å². The summed E-state index contributed by atoms with van der Waals surface area (Å²) in [6, 6.07) is -0.121. The minimum Gasteiger partial charge on any atom is -0.459 e. The highest BCUT2D eigenvalue weighted by molar-refractivity contribution is 7.95. The monoisotopic (exact) mass is 637 g/mol. The van der Waals surface area contributed by atoms with Crippen molar-refractivity contribution in [2.45, 2.75) is 115 Å². The topological polar surface area (TPSA) is 136 Å². The number of carbonyl (C=O) groups is 3. The van der Waals surface area contributed by atoms with E-state index in [1.807, 2.05) is 26.0 Å². The molecule has 2 amide bonds. The maximum atomic E-state index is 12.5. The molecule has 44 heavy (non-hydrogen) atoms. The van der Waals surface area contributed by atoms with E-state index in [9.17, 15) is 19.5 Å². The predicted octanol–water partition coefficient (Wildman–Crippen LogP) is 2.75. The van der Waals surface area contributed by atoms with Crippen molar-refractivity contribution in [1.29, 1.82) is 0 Å². The molecular weight excluding hydrogens is 584 g/mol. The molecule has 3 aliphatic heterocycles. The molecule has 3 heterocycles. The SMILES string of the molecule is CC(=O)O[C@@H](C)/C=C\C(=O)N[C@@H]1C[C@H](C)[C@H](C/C=C(C)/C=C/[C@H]2O[C@H](CC(=O)NCCC[S+](C)C)C[C@@]3(CO3)[C@@H]2O)O[C@@H]1C. The van der Waals surface area contributed by atoms with Gasteiger partial charge in [-0.1, -0.05) is 30.7 Å². The Morgan fingerprint density at radius 3 is 2.55 bits per heavy atom. The van der Waals surface area contributed by atoms with E-state index in [0.29, 0.717) is 36.9 Å². The molecule has 248 valence electrons. The van der Waals surface area contributed by atoms with Crippen molar-refractivity contribution in [3.05, 3.63) is 36.0 Å². The minimum absolute atomic E-state index is 0.00425. The molecule has 3 fully saturated rings. The van der Waals surface area contributed by atoms with Gasteiger partial charge in [0, 0.05) is 32.4 Å². The lowest BCUT2D eigenvalue weighted by molar-refractivity contribution is -0.145. The molecule has 0 saturated carbocycles. The van der Waals surface area contributed by atoms with E-state index in [1.165, 1.54) is 13.0 Å². The number of carbonyl (C=O) groups excluding carboxylic acids is 3. The zero-order valence-electron chi connectivity index (χ0n) is 27.4. The minimum atomic E-state index is -0.785. The zero-order valence-corrected chi connectivity index (χ0v) is 28.2. The Kier molecular flexibility index (Phi) is 14.0. The van der Waals surface area contributed by atoms with Gasteiger partial charge in [-0.3, -0.25) is 14.4 Å². The fourth-order valence-electron chi connectivity index (χ4n) is 5.75. The summed E-state index contributed by atoms with van der Waals surface area (Å²) in [4.78, 5) is 36.0. The fraction of sp³-hybridized carbons (Fsp3) is 0.727. The van der Waals surface area contributed by atoms with Gasteiger partial charge >= 0.3 is 5.97 Å². The lowest BCUT2D eigenvalue weighted by atomic mass is 9.87. The van der Waals surface area contributed by atoms with Crippen LogP contribution in [0.25, 0.3) is 0 Å². The molecule has 10 nitrogen and oxygen atoms in total. The normalized spacial score (nSPS) is 33.1. The summed E-state index contributed by atoms with van der Waals surface area (Å²) in [5, 5.41) is 16.9. The first-order valence-corrected chi connectivity index (χ1v) is 17.9. The molecule has 3 N–H and O–H groups in total. The van der Waals surface area contributed by atoms with E-state index < -0.39 is 29.9 Å². The highest BCUT2D eigenvalue weighted by Crippen LogP contribution is 2.43. The molecule has 1 spiro atoms. The number of esters is 1. The number of hydrogen-bond acceptors (Lipinski definition) is 8. The van der Waals surface area contributed by atoms with Crippen molar-refractivity contribution in [3.8, 4) is 0 Å². The first kappa shape index (κ1) is 36.3. The van der Waals surface area contributed by atoms with Gasteiger partial charge in [0.2, 0.25) is 11.8 Å². The van der Waals surface area contributed by atoms with Crippen LogP contribution in [-0.2, 0) is 44.2 Å². The summed E-state index contributed by atoms with van der Waals surface area (Å²) in [7, 11) is 0.366. The van der Waals surface area contributed by atoms with Crippen LogP contribution in [0.2, 0.25) is 0 Å². The Hall–Kier alpha value is -2.18. The molecule has 9 atom stereocenters. The fourth-order valence-corrected chi connectivity index (χ4v) is 6.48. The van der Waals surface area contributed by atoms with E-state index in [4.69, 9.17) is 18.9 Å². The molecule has 3 rings (SSSR count). The molecule has 3 saturated heterocycles. The molecule has 0 aliphatic carbocycles. The van der Waals surface area contributed by atoms with Crippen molar-refractivity contribution in [1.82, 2.24) is 10.6 Å². The number of aliphatic hydroxyl groups is 1. The number of epoxide rings is 1. The van der Waals surface area contributed by atoms with Gasteiger partial charge in [-0.15, -0.1) is 0 Å². The maximum Gasteiger partial charge on any atom is 0.303 e. The number of allylic oxidation sites excluding steroid dienone is 2. The van der Waals surface area contributed by atoms with Gasteiger partial charge in [-0.25, -0.2) is 0 Å². The zero-order chi connectivity index (χ0) is 32.4. The quantitative estimate of drug-likeness (QED) is 0.0661. The van der Waals surface area contributed by atoms with E-state index in [2.05, 4.69) is 36.1 Å². The van der Waals surface area contributed by atoms with Gasteiger partial charge in [0.25, 0.3) is 0 Å². The van der Waals surface area contributed by atoms with Crippen LogP contribution in [0.3, 0.4) is 0 Å². The van der Waals surface area contributed by atoms with Crippen molar-refractivity contribution in [2.75, 3.05) is 31.4 Å². The number of hydrogen-bond donors (Lipinski definition) is 3. The van der Waals surface area contributed by atoms with Crippen molar-refractivity contribution >= 4 is 28.7 Å². The van der Waals surface area contributed by atoms with E-state index >= 15 is 0 Å². The second-order valence-electron chi connectivity index (χ2n) is 12.7. The summed E-state index contributed by atoms with van der Waals surface area (Å²) in [5.74, 6) is 0.657. The van der Waals surface area contributed by atoms with Crippen molar-refractivity contribution in [2.24, 2.45) is 5.92 Å². The Labute approximate surface area is 265 Å². The third kappa shape index (κ3) is 11.6. The van der Waals surface area contributed by atoms with Crippen molar-refractivity contribution in [3.63, 3.8) is 0 Å². The molecule has 0 unspecified atom stereocenters. The average molecular weight is 638 g/mol. The van der Waals surface area contributed by atoms with Gasteiger partial charge in [0.1, 0.15) is 29.7 Å². The molecule has 0 aromatic rings. The number of nitrogens with one attached hydrogen (secondary N) is 2. The third-order valence-electron chi connectivity index (χ3n) is 8.39. The van der Waals surface area contributed by atoms with Crippen LogP contribution in [-0.4, -0.2) is 103 Å². The van der Waals surface area contributed by atoms with Crippen LogP contribution < -0.4 is 10.6 Å². The van der Waals surface area contributed by atoms with Gasteiger partial charge in [-0.2, -0.15) is 0 Å². The Morgan fingerprint density at radius 2 is 1.89 bits per heavy atom. The smallest absolute Gasteiger partial charge is 0.303 e. The predicted molar refractivity (Wildman–Crippen MR) is 172 cm³/mol. The molecular formula is C33H53N2O8S+. The molecule has 0 aromatic carbocycles. The summed E-state index contributed by atoms with van der Waals surface area (Å²) in [6.07, 6.45) is 14.2. The van der Waals surface area contributed by atoms with Crippen LogP contribution in [0.15, 0.2) is 36.0 Å². The third-order valence-corrected chi connectivity index (χ3v) is 9.49. The second kappa shape index (κ2) is 16.9. The summed E-state index contributed by atoms with van der Waals surface area (Å²) >= 11 is 0. The molecule has 0 bridgehead atoms. The van der Waals surface area contributed by atoms with Crippen LogP contribution in [0.4, 0.5) is 0 Å². The maximum absolute atomic E-state index is 12.5. The lowest BCUT2D eigenvalue weighted by Crippen LogP contribution is -2.51. The van der Waals surface area contributed by atoms with Gasteiger partial charge in [0.15, 0.2) is 0 Å². The molecule has 0 radical (unpaired) electrons. The second-order valence-corrected chi connectivity index (χ2v) is 15.1. The van der Waals surface area contributed by atoms with Crippen LogP contribution in [0.1, 0.15) is 66.7 Å². The summed E-state index contributed by atoms with van der Waals surface area (Å²) in [5.41, 5.74) is 0.390. The standard InChI is InChI=1S/C33H52N2O8S/c1-21(9-12-28-22(2)17-27(24(4)42-28)35-30(37)14-11-23(3)41-25(5)36)10-13-29-32(39)33(20-40-33)19-26(43-29)18-31(38)34-15-8-16-44(6)7/h9-11,13-14,22-24,26-29,32,39H,8,12,15-20H2,1-7H3,(H-,34,35,37,38)/p+1/b13-10+,14-11-,21-9+/t22-,23-,24+,26+,27+,28-,29+,32+,33+/m0/s1. The number of rotatable bonds is 14. The van der Waals surface area contributed by atoms with Crippen LogP contribution in [0, 0.1) is 5.92 Å². The molecule has 0 aromatic heterocycles. The van der Waals surface area contributed by atoms with Gasteiger partial charge in [0.05, 0.1) is 49.9 Å². The number of aliphatic hydroxyl groups excluding tert-OH is 1. The van der Waals surface area contributed by atoms with Gasteiger partial charge < -0.3 is 34.7 Å². The first-order chi connectivity index (χ1) is 20.8. The Morgan fingerprint density at radius 1 is 1.16 bits per heavy atom. The van der Waals surface area contributed by atoms with E-state index in [1.54, 1.807) is 13.0 Å². The highest BCUT2D eigenvalue weighted by Gasteiger charge is 2.58. The van der Waals surface area contributed by atoms with Crippen molar-refractivity contribution < 1.29 is 38.4 Å². The first-order valence-electron chi connectivity index (χ1n) is 15.7. The Balaban J connectivity index is 1.48. The number of amides is 2.